The molecule has 4 nitrogen and oxygen atoms in total. The zero-order chi connectivity index (χ0) is 16.9. The third-order valence-electron chi connectivity index (χ3n) is 3.70. The van der Waals surface area contributed by atoms with Gasteiger partial charge < -0.3 is 9.47 Å². The summed E-state index contributed by atoms with van der Waals surface area (Å²) >= 11 is 0. The van der Waals surface area contributed by atoms with E-state index < -0.39 is 0 Å². The lowest BCUT2D eigenvalue weighted by Crippen LogP contribution is -2.11. The van der Waals surface area contributed by atoms with Crippen molar-refractivity contribution < 1.29 is 19.1 Å². The summed E-state index contributed by atoms with van der Waals surface area (Å²) in [4.78, 5) is 23.6. The van der Waals surface area contributed by atoms with E-state index in [9.17, 15) is 9.59 Å². The van der Waals surface area contributed by atoms with Crippen LogP contribution in [0.2, 0.25) is 0 Å². The lowest BCUT2D eigenvalue weighted by atomic mass is 9.92. The van der Waals surface area contributed by atoms with Crippen LogP contribution in [0.3, 0.4) is 0 Å². The minimum Gasteiger partial charge on any atom is -0.491 e. The maximum absolute atomic E-state index is 12.4. The molecule has 1 aromatic carbocycles. The van der Waals surface area contributed by atoms with Crippen molar-refractivity contribution in [1.29, 1.82) is 0 Å². The van der Waals surface area contributed by atoms with Crippen LogP contribution in [0, 0.1) is 20.8 Å². The monoisotopic (exact) mass is 306 g/mol. The molecule has 1 aromatic rings. The van der Waals surface area contributed by atoms with Crippen molar-refractivity contribution in [3.63, 3.8) is 0 Å². The van der Waals surface area contributed by atoms with Crippen LogP contribution >= 0.6 is 0 Å². The summed E-state index contributed by atoms with van der Waals surface area (Å²) in [6.45, 7) is 9.81. The summed E-state index contributed by atoms with van der Waals surface area (Å²) in [7, 11) is 1.36. The fourth-order valence-corrected chi connectivity index (χ4v) is 2.47. The molecule has 0 aliphatic heterocycles. The SMILES string of the molecule is COC(=O)CCCC(=O)c1c(C)cc(OC(C)C)c(C)c1C. The van der Waals surface area contributed by atoms with Crippen LogP contribution in [0.1, 0.15) is 60.2 Å². The van der Waals surface area contributed by atoms with Gasteiger partial charge in [-0.25, -0.2) is 0 Å². The lowest BCUT2D eigenvalue weighted by Gasteiger charge is -2.18. The molecule has 0 radical (unpaired) electrons. The number of esters is 1. The molecule has 0 N–H and O–H groups in total. The largest absolute Gasteiger partial charge is 0.491 e. The Morgan fingerprint density at radius 2 is 1.73 bits per heavy atom. The summed E-state index contributed by atoms with van der Waals surface area (Å²) in [6.07, 6.45) is 1.22. The molecule has 0 unspecified atom stereocenters. The number of carbonyl (C=O) groups is 2. The standard InChI is InChI=1S/C18H26O4/c1-11(2)22-16-10-12(3)18(14(5)13(16)4)15(19)8-7-9-17(20)21-6/h10-11H,7-9H2,1-6H3. The van der Waals surface area contributed by atoms with Gasteiger partial charge in [-0.1, -0.05) is 0 Å². The third-order valence-corrected chi connectivity index (χ3v) is 3.70. The normalized spacial score (nSPS) is 10.7. The highest BCUT2D eigenvalue weighted by Crippen LogP contribution is 2.29. The second-order valence-corrected chi connectivity index (χ2v) is 5.84. The van der Waals surface area contributed by atoms with E-state index in [0.29, 0.717) is 12.8 Å². The van der Waals surface area contributed by atoms with Gasteiger partial charge in [-0.2, -0.15) is 0 Å². The minimum absolute atomic E-state index is 0.0677. The summed E-state index contributed by atoms with van der Waals surface area (Å²) in [5.41, 5.74) is 3.62. The van der Waals surface area contributed by atoms with Crippen LogP contribution in [0.15, 0.2) is 6.07 Å². The Morgan fingerprint density at radius 1 is 1.09 bits per heavy atom. The number of methoxy groups -OCH3 is 1. The maximum Gasteiger partial charge on any atom is 0.305 e. The molecular formula is C18H26O4. The first-order valence-corrected chi connectivity index (χ1v) is 7.65. The van der Waals surface area contributed by atoms with E-state index in [1.807, 2.05) is 40.7 Å². The Kier molecular flexibility index (Phi) is 6.60. The van der Waals surface area contributed by atoms with Gasteiger partial charge in [0.05, 0.1) is 13.2 Å². The van der Waals surface area contributed by atoms with Gasteiger partial charge in [-0.15, -0.1) is 0 Å². The van der Waals surface area contributed by atoms with Crippen molar-refractivity contribution in [2.45, 2.75) is 60.0 Å². The first-order chi connectivity index (χ1) is 10.3. The van der Waals surface area contributed by atoms with Gasteiger partial charge in [0.15, 0.2) is 5.78 Å². The number of hydrogen-bond acceptors (Lipinski definition) is 4. The van der Waals surface area contributed by atoms with Gasteiger partial charge in [0.25, 0.3) is 0 Å². The number of carbonyl (C=O) groups excluding carboxylic acids is 2. The Balaban J connectivity index is 2.93. The Morgan fingerprint density at radius 3 is 2.27 bits per heavy atom. The zero-order valence-corrected chi connectivity index (χ0v) is 14.4. The first kappa shape index (κ1) is 18.2. The summed E-state index contributed by atoms with van der Waals surface area (Å²) in [5, 5.41) is 0. The van der Waals surface area contributed by atoms with E-state index in [1.54, 1.807) is 0 Å². The molecule has 1 rings (SSSR count). The maximum atomic E-state index is 12.4. The number of ether oxygens (including phenoxy) is 2. The number of hydrogen-bond donors (Lipinski definition) is 0. The predicted molar refractivity (Wildman–Crippen MR) is 86.6 cm³/mol. The average Bonchev–Trinajstić information content (AvgIpc) is 2.43. The molecule has 0 atom stereocenters. The Labute approximate surface area is 132 Å². The lowest BCUT2D eigenvalue weighted by molar-refractivity contribution is -0.140. The van der Waals surface area contributed by atoms with Gasteiger partial charge in [0.2, 0.25) is 0 Å². The minimum atomic E-state index is -0.280. The summed E-state index contributed by atoms with van der Waals surface area (Å²) < 4.78 is 10.4. The van der Waals surface area contributed by atoms with Crippen molar-refractivity contribution in [3.05, 3.63) is 28.3 Å². The molecule has 0 fully saturated rings. The quantitative estimate of drug-likeness (QED) is 0.566. The van der Waals surface area contributed by atoms with Gasteiger partial charge in [-0.3, -0.25) is 9.59 Å². The first-order valence-electron chi connectivity index (χ1n) is 7.65. The van der Waals surface area contributed by atoms with Crippen LogP contribution in [0.5, 0.6) is 5.75 Å². The molecule has 0 amide bonds. The highest BCUT2D eigenvalue weighted by atomic mass is 16.5. The zero-order valence-electron chi connectivity index (χ0n) is 14.4. The van der Waals surface area contributed by atoms with E-state index in [0.717, 1.165) is 28.0 Å². The fraction of sp³-hybridized carbons (Fsp3) is 0.556. The predicted octanol–water partition coefficient (Wildman–Crippen LogP) is 3.93. The molecule has 0 aliphatic rings. The van der Waals surface area contributed by atoms with Crippen LogP contribution in [0.25, 0.3) is 0 Å². The second kappa shape index (κ2) is 7.97. The van der Waals surface area contributed by atoms with Crippen molar-refractivity contribution in [2.24, 2.45) is 0 Å². The van der Waals surface area contributed by atoms with Gasteiger partial charge >= 0.3 is 5.97 Å². The van der Waals surface area contributed by atoms with Crippen molar-refractivity contribution in [3.8, 4) is 5.75 Å². The highest BCUT2D eigenvalue weighted by Gasteiger charge is 2.18. The topological polar surface area (TPSA) is 52.6 Å². The van der Waals surface area contributed by atoms with E-state index >= 15 is 0 Å². The Hall–Kier alpha value is -1.84. The Bertz CT molecular complexity index is 559. The summed E-state index contributed by atoms with van der Waals surface area (Å²) in [5.74, 6) is 0.618. The highest BCUT2D eigenvalue weighted by molar-refractivity contribution is 5.99. The molecule has 0 spiro atoms. The molecule has 122 valence electrons. The van der Waals surface area contributed by atoms with Gasteiger partial charge in [0.1, 0.15) is 5.75 Å². The van der Waals surface area contributed by atoms with E-state index in [1.165, 1.54) is 7.11 Å². The number of rotatable bonds is 7. The summed E-state index contributed by atoms with van der Waals surface area (Å²) in [6, 6.07) is 1.93. The molecule has 0 aromatic heterocycles. The van der Waals surface area contributed by atoms with Crippen molar-refractivity contribution in [2.75, 3.05) is 7.11 Å². The van der Waals surface area contributed by atoms with Crippen LogP contribution < -0.4 is 4.74 Å². The van der Waals surface area contributed by atoms with Crippen molar-refractivity contribution in [1.82, 2.24) is 0 Å². The van der Waals surface area contributed by atoms with Gasteiger partial charge in [0, 0.05) is 18.4 Å². The van der Waals surface area contributed by atoms with E-state index in [4.69, 9.17) is 4.74 Å². The molecule has 4 heteroatoms. The molecule has 0 saturated heterocycles. The third kappa shape index (κ3) is 4.58. The number of aryl methyl sites for hydroxylation is 1. The molecule has 0 saturated carbocycles. The smallest absolute Gasteiger partial charge is 0.305 e. The molecule has 0 heterocycles. The fourth-order valence-electron chi connectivity index (χ4n) is 2.47. The van der Waals surface area contributed by atoms with Crippen LogP contribution in [-0.4, -0.2) is 25.0 Å². The molecule has 0 bridgehead atoms. The number of benzene rings is 1. The van der Waals surface area contributed by atoms with Crippen LogP contribution in [0.4, 0.5) is 0 Å². The second-order valence-electron chi connectivity index (χ2n) is 5.84. The number of Topliss-reactive ketones (excluding diaryl/α,β-unsaturated/α-hetero) is 1. The van der Waals surface area contributed by atoms with Crippen LogP contribution in [-0.2, 0) is 9.53 Å². The average molecular weight is 306 g/mol. The van der Waals surface area contributed by atoms with Gasteiger partial charge in [-0.05, 0) is 63.8 Å². The molecule has 0 aliphatic carbocycles. The number of ketones is 1. The van der Waals surface area contributed by atoms with E-state index in [2.05, 4.69) is 4.74 Å². The molecular weight excluding hydrogens is 280 g/mol. The van der Waals surface area contributed by atoms with E-state index in [-0.39, 0.29) is 24.3 Å². The van der Waals surface area contributed by atoms with Crippen molar-refractivity contribution >= 4 is 11.8 Å². The molecule has 22 heavy (non-hydrogen) atoms.